The van der Waals surface area contributed by atoms with Crippen molar-refractivity contribution in [3.63, 3.8) is 0 Å². The summed E-state index contributed by atoms with van der Waals surface area (Å²) in [5.74, 6) is -2.62. The Morgan fingerprint density at radius 1 is 1.38 bits per heavy atom. The smallest absolute Gasteiger partial charge is 0.343 e. The fraction of sp³-hybridized carbons (Fsp3) is 0.500. The maximum Gasteiger partial charge on any atom is 0.394 e. The van der Waals surface area contributed by atoms with Crippen molar-refractivity contribution in [2.45, 2.75) is 32.0 Å². The van der Waals surface area contributed by atoms with E-state index in [1.807, 2.05) is 0 Å². The number of alkyl halides is 3. The van der Waals surface area contributed by atoms with Crippen LogP contribution in [0.15, 0.2) is 24.3 Å². The van der Waals surface area contributed by atoms with Gasteiger partial charge < -0.3 is 10.2 Å². The number of halogens is 4. The minimum absolute atomic E-state index is 0.0169. The van der Waals surface area contributed by atoms with Gasteiger partial charge in [-0.3, -0.25) is 9.59 Å². The van der Waals surface area contributed by atoms with Crippen LogP contribution < -0.4 is 5.32 Å². The number of hydrogen-bond donors (Lipinski definition) is 1. The van der Waals surface area contributed by atoms with Gasteiger partial charge in [-0.15, -0.1) is 0 Å². The molecule has 1 N–H and O–H groups in total. The van der Waals surface area contributed by atoms with Gasteiger partial charge in [-0.2, -0.15) is 13.2 Å². The minimum atomic E-state index is -4.36. The molecule has 8 heteroatoms. The lowest BCUT2D eigenvalue weighted by Gasteiger charge is -2.36. The highest BCUT2D eigenvalue weighted by atomic mass is 35.5. The van der Waals surface area contributed by atoms with Gasteiger partial charge in [0.2, 0.25) is 5.91 Å². The molecule has 0 bridgehead atoms. The van der Waals surface area contributed by atoms with E-state index in [2.05, 4.69) is 5.32 Å². The van der Waals surface area contributed by atoms with E-state index in [0.717, 1.165) is 0 Å². The Labute approximate surface area is 143 Å². The summed E-state index contributed by atoms with van der Waals surface area (Å²) in [4.78, 5) is 25.4. The summed E-state index contributed by atoms with van der Waals surface area (Å²) in [6.07, 6.45) is -4.49. The molecule has 24 heavy (non-hydrogen) atoms. The fourth-order valence-electron chi connectivity index (χ4n) is 3.08. The first kappa shape index (κ1) is 18.6. The van der Waals surface area contributed by atoms with Crippen LogP contribution in [-0.4, -0.2) is 41.5 Å². The Hall–Kier alpha value is -1.76. The van der Waals surface area contributed by atoms with Crippen molar-refractivity contribution < 1.29 is 22.8 Å². The second-order valence-electron chi connectivity index (χ2n) is 6.27. The largest absolute Gasteiger partial charge is 0.394 e. The number of nitrogens with zero attached hydrogens (tertiary/aromatic N) is 1. The molecule has 1 aliphatic rings. The summed E-state index contributed by atoms with van der Waals surface area (Å²) in [6.45, 7) is 2.45. The number of likely N-dealkylation sites (tertiary alicyclic amines) is 1. The van der Waals surface area contributed by atoms with Gasteiger partial charge in [0, 0.05) is 22.7 Å². The normalized spacial score (nSPS) is 20.1. The minimum Gasteiger partial charge on any atom is -0.343 e. The number of carbonyl (C=O) groups excluding carboxylic acids is 2. The molecule has 1 aromatic carbocycles. The molecule has 1 atom stereocenters. The average Bonchev–Trinajstić information content (AvgIpc) is 2.79. The van der Waals surface area contributed by atoms with E-state index in [4.69, 9.17) is 11.6 Å². The van der Waals surface area contributed by atoms with E-state index < -0.39 is 29.4 Å². The molecular weight excluding hydrogens is 345 g/mol. The highest BCUT2D eigenvalue weighted by molar-refractivity contribution is 6.30. The Kier molecular flexibility index (Phi) is 5.13. The van der Waals surface area contributed by atoms with E-state index in [-0.39, 0.29) is 25.1 Å². The van der Waals surface area contributed by atoms with Gasteiger partial charge in [-0.05, 0) is 38.5 Å². The predicted molar refractivity (Wildman–Crippen MR) is 83.7 cm³/mol. The lowest BCUT2D eigenvalue weighted by molar-refractivity contribution is -0.192. The number of rotatable bonds is 3. The van der Waals surface area contributed by atoms with Gasteiger partial charge >= 0.3 is 6.18 Å². The molecule has 0 aromatic heterocycles. The first-order chi connectivity index (χ1) is 11.0. The molecule has 2 amide bonds. The second kappa shape index (κ2) is 6.63. The van der Waals surface area contributed by atoms with Crippen molar-refractivity contribution >= 4 is 23.4 Å². The van der Waals surface area contributed by atoms with Gasteiger partial charge in [-0.25, -0.2) is 0 Å². The zero-order chi connectivity index (χ0) is 18.1. The van der Waals surface area contributed by atoms with Crippen LogP contribution in [0.25, 0.3) is 0 Å². The van der Waals surface area contributed by atoms with E-state index in [0.29, 0.717) is 5.02 Å². The molecule has 0 saturated carbocycles. The maximum atomic E-state index is 13.0. The first-order valence-electron chi connectivity index (χ1n) is 7.44. The van der Waals surface area contributed by atoms with Crippen molar-refractivity contribution in [3.05, 3.63) is 34.9 Å². The first-order valence-corrected chi connectivity index (χ1v) is 7.82. The van der Waals surface area contributed by atoms with Crippen LogP contribution in [0.3, 0.4) is 0 Å². The van der Waals surface area contributed by atoms with Crippen LogP contribution in [0.2, 0.25) is 5.02 Å². The molecule has 0 spiro atoms. The third-order valence-electron chi connectivity index (χ3n) is 4.37. The maximum absolute atomic E-state index is 13.0. The molecule has 0 aliphatic carbocycles. The number of benzene rings is 1. The molecule has 1 heterocycles. The lowest BCUT2D eigenvalue weighted by Crippen LogP contribution is -2.52. The van der Waals surface area contributed by atoms with E-state index in [1.54, 1.807) is 12.1 Å². The van der Waals surface area contributed by atoms with Crippen LogP contribution in [0.1, 0.15) is 30.6 Å². The number of hydrogen-bond acceptors (Lipinski definition) is 2. The number of nitrogens with one attached hydrogen (secondary N) is 1. The van der Waals surface area contributed by atoms with Crippen molar-refractivity contribution in [2.75, 3.05) is 13.1 Å². The molecule has 2 rings (SSSR count). The van der Waals surface area contributed by atoms with E-state index in [9.17, 15) is 22.8 Å². The average molecular weight is 363 g/mol. The van der Waals surface area contributed by atoms with Crippen LogP contribution in [-0.2, 0) is 4.79 Å². The molecule has 132 valence electrons. The van der Waals surface area contributed by atoms with Crippen molar-refractivity contribution in [1.82, 2.24) is 10.2 Å². The Morgan fingerprint density at radius 2 is 2.04 bits per heavy atom. The number of amides is 2. The molecule has 1 aromatic rings. The van der Waals surface area contributed by atoms with Crippen molar-refractivity contribution in [1.29, 1.82) is 0 Å². The Bertz CT molecular complexity index is 646. The van der Waals surface area contributed by atoms with Crippen molar-refractivity contribution in [2.24, 2.45) is 5.92 Å². The number of carbonyl (C=O) groups is 2. The third kappa shape index (κ3) is 3.83. The fourth-order valence-corrected chi connectivity index (χ4v) is 3.27. The van der Waals surface area contributed by atoms with Crippen LogP contribution >= 0.6 is 11.6 Å². The van der Waals surface area contributed by atoms with Gasteiger partial charge in [0.05, 0.1) is 12.5 Å². The third-order valence-corrected chi connectivity index (χ3v) is 4.61. The monoisotopic (exact) mass is 362 g/mol. The van der Waals surface area contributed by atoms with E-state index in [1.165, 1.54) is 30.9 Å². The van der Waals surface area contributed by atoms with Crippen molar-refractivity contribution in [3.8, 4) is 0 Å². The molecule has 1 aliphatic heterocycles. The molecule has 0 radical (unpaired) electrons. The summed E-state index contributed by atoms with van der Waals surface area (Å²) in [5.41, 5.74) is -1.06. The highest BCUT2D eigenvalue weighted by Crippen LogP contribution is 2.44. The summed E-state index contributed by atoms with van der Waals surface area (Å²) < 4.78 is 39.1. The summed E-state index contributed by atoms with van der Waals surface area (Å²) in [7, 11) is 0. The quantitative estimate of drug-likeness (QED) is 0.897. The SMILES string of the molecule is CC1(C)[C@H](C(F)(F)F)CCN1C(=O)CNC(=O)c1cccc(Cl)c1. The van der Waals surface area contributed by atoms with E-state index >= 15 is 0 Å². The van der Waals surface area contributed by atoms with Gasteiger partial charge in [0.25, 0.3) is 5.91 Å². The molecule has 1 fully saturated rings. The van der Waals surface area contributed by atoms with Gasteiger partial charge in [0.1, 0.15) is 0 Å². The summed E-state index contributed by atoms with van der Waals surface area (Å²) >= 11 is 5.79. The highest BCUT2D eigenvalue weighted by Gasteiger charge is 2.56. The zero-order valence-corrected chi connectivity index (χ0v) is 14.0. The van der Waals surface area contributed by atoms with Gasteiger partial charge in [0.15, 0.2) is 0 Å². The predicted octanol–water partition coefficient (Wildman–Crippen LogP) is 3.26. The Morgan fingerprint density at radius 3 is 2.58 bits per heavy atom. The Balaban J connectivity index is 1.99. The van der Waals surface area contributed by atoms with Crippen LogP contribution in [0, 0.1) is 5.92 Å². The standard InChI is InChI=1S/C16H18ClF3N2O2/c1-15(2)12(16(18,19)20)6-7-22(15)13(23)9-21-14(24)10-4-3-5-11(17)8-10/h3-5,8,12H,6-7,9H2,1-2H3,(H,21,24)/t12-/m1/s1. The van der Waals surface area contributed by atoms with Crippen LogP contribution in [0.4, 0.5) is 13.2 Å². The topological polar surface area (TPSA) is 49.4 Å². The summed E-state index contributed by atoms with van der Waals surface area (Å²) in [6, 6.07) is 6.18. The second-order valence-corrected chi connectivity index (χ2v) is 6.71. The molecule has 0 unspecified atom stereocenters. The molecular formula is C16H18ClF3N2O2. The van der Waals surface area contributed by atoms with Crippen LogP contribution in [0.5, 0.6) is 0 Å². The zero-order valence-electron chi connectivity index (χ0n) is 13.3. The molecule has 4 nitrogen and oxygen atoms in total. The molecule has 1 saturated heterocycles. The summed E-state index contributed by atoms with van der Waals surface area (Å²) in [5, 5.41) is 2.80. The van der Waals surface area contributed by atoms with Gasteiger partial charge in [-0.1, -0.05) is 17.7 Å². The lowest BCUT2D eigenvalue weighted by atomic mass is 9.88.